The van der Waals surface area contributed by atoms with Crippen molar-refractivity contribution in [1.82, 2.24) is 19.5 Å². The minimum absolute atomic E-state index is 0.839. The van der Waals surface area contributed by atoms with Crippen LogP contribution < -0.4 is 4.90 Å². The van der Waals surface area contributed by atoms with E-state index in [0.717, 1.165) is 54.7 Å². The van der Waals surface area contributed by atoms with Crippen molar-refractivity contribution in [3.63, 3.8) is 0 Å². The highest BCUT2D eigenvalue weighted by Gasteiger charge is 2.21. The van der Waals surface area contributed by atoms with Crippen LogP contribution in [0.3, 0.4) is 0 Å². The lowest BCUT2D eigenvalue weighted by molar-refractivity contribution is 0.669. The van der Waals surface area contributed by atoms with Crippen LogP contribution in [-0.4, -0.2) is 32.6 Å². The minimum atomic E-state index is 0.839. The molecule has 1 fully saturated rings. The van der Waals surface area contributed by atoms with Gasteiger partial charge in [0, 0.05) is 19.6 Å². The molecule has 0 atom stereocenters. The van der Waals surface area contributed by atoms with E-state index in [0.29, 0.717) is 0 Å². The van der Waals surface area contributed by atoms with Gasteiger partial charge < -0.3 is 9.47 Å². The summed E-state index contributed by atoms with van der Waals surface area (Å²) in [6, 6.07) is 0. The Morgan fingerprint density at radius 2 is 1.79 bits per heavy atom. The fraction of sp³-hybridized carbons (Fsp3) is 0.643. The Kier molecular flexibility index (Phi) is 3.12. The monoisotopic (exact) mass is 259 g/mol. The van der Waals surface area contributed by atoms with Gasteiger partial charge in [0.1, 0.15) is 11.6 Å². The summed E-state index contributed by atoms with van der Waals surface area (Å²) in [4.78, 5) is 16.3. The fourth-order valence-corrected chi connectivity index (χ4v) is 2.84. The highest BCUT2D eigenvalue weighted by Crippen LogP contribution is 2.27. The van der Waals surface area contributed by atoms with Gasteiger partial charge in [-0.2, -0.15) is 0 Å². The zero-order chi connectivity index (χ0) is 13.4. The van der Waals surface area contributed by atoms with Gasteiger partial charge >= 0.3 is 0 Å². The van der Waals surface area contributed by atoms with Crippen molar-refractivity contribution in [1.29, 1.82) is 0 Å². The van der Waals surface area contributed by atoms with E-state index in [1.165, 1.54) is 12.8 Å². The molecule has 102 valence electrons. The number of aryl methyl sites for hydroxylation is 3. The maximum Gasteiger partial charge on any atom is 0.165 e. The largest absolute Gasteiger partial charge is 0.355 e. The molecule has 1 aliphatic heterocycles. The third-order valence-corrected chi connectivity index (χ3v) is 3.73. The Balaban J connectivity index is 2.19. The molecule has 0 spiro atoms. The van der Waals surface area contributed by atoms with Crippen LogP contribution in [0, 0.1) is 13.8 Å². The van der Waals surface area contributed by atoms with Gasteiger partial charge in [0.05, 0.1) is 0 Å². The number of anilines is 1. The molecule has 2 aromatic rings. The van der Waals surface area contributed by atoms with Gasteiger partial charge in [0.15, 0.2) is 17.0 Å². The maximum absolute atomic E-state index is 4.71. The van der Waals surface area contributed by atoms with Crippen LogP contribution in [0.25, 0.3) is 11.2 Å². The molecule has 3 heterocycles. The van der Waals surface area contributed by atoms with E-state index in [-0.39, 0.29) is 0 Å². The first-order chi connectivity index (χ1) is 9.20. The van der Waals surface area contributed by atoms with Crippen LogP contribution in [0.2, 0.25) is 0 Å². The first-order valence-electron chi connectivity index (χ1n) is 7.17. The quantitative estimate of drug-likeness (QED) is 0.849. The van der Waals surface area contributed by atoms with Gasteiger partial charge in [-0.1, -0.05) is 6.92 Å². The lowest BCUT2D eigenvalue weighted by Crippen LogP contribution is -2.20. The molecule has 0 saturated carbocycles. The van der Waals surface area contributed by atoms with E-state index in [2.05, 4.69) is 33.3 Å². The van der Waals surface area contributed by atoms with E-state index in [1.54, 1.807) is 0 Å². The standard InChI is InChI=1S/C14H21N5/c1-4-7-19-11(3)17-12-13(18-8-5-6-9-18)15-10(2)16-14(12)19/h4-9H2,1-3H3. The molecule has 5 heteroatoms. The van der Waals surface area contributed by atoms with E-state index in [9.17, 15) is 0 Å². The summed E-state index contributed by atoms with van der Waals surface area (Å²) in [5.41, 5.74) is 1.97. The fourth-order valence-electron chi connectivity index (χ4n) is 2.84. The van der Waals surface area contributed by atoms with Gasteiger partial charge in [0.25, 0.3) is 0 Å². The van der Waals surface area contributed by atoms with Crippen LogP contribution in [0.1, 0.15) is 37.8 Å². The molecule has 0 aromatic carbocycles. The Morgan fingerprint density at radius 3 is 2.47 bits per heavy atom. The van der Waals surface area contributed by atoms with E-state index in [4.69, 9.17) is 4.98 Å². The van der Waals surface area contributed by atoms with Crippen molar-refractivity contribution in [3.05, 3.63) is 11.6 Å². The number of hydrogen-bond donors (Lipinski definition) is 0. The molecule has 2 aromatic heterocycles. The van der Waals surface area contributed by atoms with Crippen molar-refractivity contribution >= 4 is 17.0 Å². The van der Waals surface area contributed by atoms with Crippen LogP contribution in [0.15, 0.2) is 0 Å². The summed E-state index contributed by atoms with van der Waals surface area (Å²) in [5.74, 6) is 2.90. The van der Waals surface area contributed by atoms with E-state index >= 15 is 0 Å². The van der Waals surface area contributed by atoms with Crippen molar-refractivity contribution in [2.45, 2.75) is 46.6 Å². The zero-order valence-electron chi connectivity index (χ0n) is 12.0. The van der Waals surface area contributed by atoms with Crippen LogP contribution in [-0.2, 0) is 6.54 Å². The Morgan fingerprint density at radius 1 is 1.05 bits per heavy atom. The van der Waals surface area contributed by atoms with E-state index < -0.39 is 0 Å². The Hall–Kier alpha value is -1.65. The summed E-state index contributed by atoms with van der Waals surface area (Å²) in [6.45, 7) is 9.35. The number of imidazole rings is 1. The smallest absolute Gasteiger partial charge is 0.165 e. The highest BCUT2D eigenvalue weighted by atomic mass is 15.2. The topological polar surface area (TPSA) is 46.8 Å². The van der Waals surface area contributed by atoms with Gasteiger partial charge in [-0.3, -0.25) is 0 Å². The molecule has 0 radical (unpaired) electrons. The third-order valence-electron chi connectivity index (χ3n) is 3.73. The molecule has 0 amide bonds. The van der Waals surface area contributed by atoms with Crippen molar-refractivity contribution in [3.8, 4) is 0 Å². The number of fused-ring (bicyclic) bond motifs is 1. The number of aromatic nitrogens is 4. The Bertz CT molecular complexity index is 595. The predicted octanol–water partition coefficient (Wildman–Crippen LogP) is 2.45. The van der Waals surface area contributed by atoms with Gasteiger partial charge in [-0.15, -0.1) is 0 Å². The lowest BCUT2D eigenvalue weighted by atomic mass is 10.4. The molecule has 0 aliphatic carbocycles. The first-order valence-corrected chi connectivity index (χ1v) is 7.17. The highest BCUT2D eigenvalue weighted by molar-refractivity contribution is 5.84. The minimum Gasteiger partial charge on any atom is -0.355 e. The molecule has 1 aliphatic rings. The SMILES string of the molecule is CCCn1c(C)nc2c(N3CCCC3)nc(C)nc21. The second-order valence-electron chi connectivity index (χ2n) is 5.27. The second kappa shape index (κ2) is 4.79. The number of rotatable bonds is 3. The predicted molar refractivity (Wildman–Crippen MR) is 76.5 cm³/mol. The normalized spacial score (nSPS) is 15.6. The maximum atomic E-state index is 4.71. The average molecular weight is 259 g/mol. The molecular formula is C14H21N5. The molecule has 0 bridgehead atoms. The van der Waals surface area contributed by atoms with Gasteiger partial charge in [0.2, 0.25) is 0 Å². The van der Waals surface area contributed by atoms with Gasteiger partial charge in [-0.25, -0.2) is 15.0 Å². The number of hydrogen-bond acceptors (Lipinski definition) is 4. The molecule has 0 unspecified atom stereocenters. The number of nitrogens with zero attached hydrogens (tertiary/aromatic N) is 5. The average Bonchev–Trinajstić information content (AvgIpc) is 2.99. The molecular weight excluding hydrogens is 238 g/mol. The zero-order valence-corrected chi connectivity index (χ0v) is 12.0. The molecule has 19 heavy (non-hydrogen) atoms. The summed E-state index contributed by atoms with van der Waals surface area (Å²) < 4.78 is 2.21. The van der Waals surface area contributed by atoms with Crippen molar-refractivity contribution in [2.75, 3.05) is 18.0 Å². The van der Waals surface area contributed by atoms with Crippen LogP contribution in [0.5, 0.6) is 0 Å². The second-order valence-corrected chi connectivity index (χ2v) is 5.27. The summed E-state index contributed by atoms with van der Waals surface area (Å²) >= 11 is 0. The molecule has 1 saturated heterocycles. The molecule has 0 N–H and O–H groups in total. The third kappa shape index (κ3) is 2.07. The van der Waals surface area contributed by atoms with Crippen molar-refractivity contribution in [2.24, 2.45) is 0 Å². The van der Waals surface area contributed by atoms with Crippen LogP contribution >= 0.6 is 0 Å². The van der Waals surface area contributed by atoms with Crippen molar-refractivity contribution < 1.29 is 0 Å². The summed E-state index contributed by atoms with van der Waals surface area (Å²) in [6.07, 6.45) is 3.59. The molecule has 5 nitrogen and oxygen atoms in total. The van der Waals surface area contributed by atoms with Gasteiger partial charge in [-0.05, 0) is 33.1 Å². The van der Waals surface area contributed by atoms with E-state index in [1.807, 2.05) is 6.92 Å². The summed E-state index contributed by atoms with van der Waals surface area (Å²) in [5, 5.41) is 0. The lowest BCUT2D eigenvalue weighted by Gasteiger charge is -2.16. The van der Waals surface area contributed by atoms with Crippen LogP contribution in [0.4, 0.5) is 5.82 Å². The Labute approximate surface area is 113 Å². The first kappa shape index (κ1) is 12.4. The summed E-state index contributed by atoms with van der Waals surface area (Å²) in [7, 11) is 0. The molecule has 3 rings (SSSR count).